The van der Waals surface area contributed by atoms with Gasteiger partial charge in [0.25, 0.3) is 0 Å². The first-order valence-electron chi connectivity index (χ1n) is 5.50. The summed E-state index contributed by atoms with van der Waals surface area (Å²) in [4.78, 5) is 12.8. The van der Waals surface area contributed by atoms with Crippen molar-refractivity contribution in [1.29, 1.82) is 0 Å². The molecule has 2 N–H and O–H groups in total. The largest absolute Gasteiger partial charge is 0.337 e. The van der Waals surface area contributed by atoms with E-state index in [4.69, 9.17) is 5.14 Å². The summed E-state index contributed by atoms with van der Waals surface area (Å²) in [6.07, 6.45) is -0.207. The lowest BCUT2D eigenvalue weighted by Crippen LogP contribution is -2.32. The van der Waals surface area contributed by atoms with Crippen LogP contribution >= 0.6 is 0 Å². The van der Waals surface area contributed by atoms with Crippen molar-refractivity contribution in [1.82, 2.24) is 4.90 Å². The number of hydrogen-bond donors (Lipinski definition) is 1. The lowest BCUT2D eigenvalue weighted by molar-refractivity contribution is -0.128. The number of amides is 1. The van der Waals surface area contributed by atoms with Gasteiger partial charge in [-0.3, -0.25) is 4.79 Å². The second-order valence-electron chi connectivity index (χ2n) is 4.43. The summed E-state index contributed by atoms with van der Waals surface area (Å²) in [7, 11) is -3.79. The molecule has 0 bridgehead atoms. The molecule has 2 rings (SSSR count). The van der Waals surface area contributed by atoms with Crippen molar-refractivity contribution in [2.75, 3.05) is 6.54 Å². The molecule has 1 aromatic carbocycles. The van der Waals surface area contributed by atoms with E-state index >= 15 is 0 Å². The van der Waals surface area contributed by atoms with Crippen LogP contribution in [0.1, 0.15) is 12.0 Å². The summed E-state index contributed by atoms with van der Waals surface area (Å²) in [5.74, 6) is -1.90. The van der Waals surface area contributed by atoms with Crippen LogP contribution in [0.5, 0.6) is 0 Å². The van der Waals surface area contributed by atoms with Crippen molar-refractivity contribution in [3.05, 3.63) is 35.4 Å². The molecule has 19 heavy (non-hydrogen) atoms. The van der Waals surface area contributed by atoms with Gasteiger partial charge >= 0.3 is 0 Å². The van der Waals surface area contributed by atoms with Crippen molar-refractivity contribution in [3.8, 4) is 0 Å². The van der Waals surface area contributed by atoms with Gasteiger partial charge in [-0.2, -0.15) is 0 Å². The highest BCUT2D eigenvalue weighted by atomic mass is 32.2. The van der Waals surface area contributed by atoms with Crippen LogP contribution in [0.25, 0.3) is 0 Å². The minimum absolute atomic E-state index is 0.0749. The molecule has 1 amide bonds. The van der Waals surface area contributed by atoms with Gasteiger partial charge in [0.15, 0.2) is 0 Å². The fourth-order valence-corrected chi connectivity index (χ4v) is 2.73. The van der Waals surface area contributed by atoms with E-state index < -0.39 is 32.8 Å². The number of primary sulfonamides is 1. The van der Waals surface area contributed by atoms with E-state index in [-0.39, 0.29) is 25.1 Å². The number of sulfonamides is 1. The molecule has 1 fully saturated rings. The smallest absolute Gasteiger partial charge is 0.224 e. The van der Waals surface area contributed by atoms with E-state index in [1.165, 1.54) is 11.0 Å². The molecule has 0 aliphatic carbocycles. The predicted molar refractivity (Wildman–Crippen MR) is 63.3 cm³/mol. The molecular weight excluding hydrogens is 278 g/mol. The first kappa shape index (κ1) is 13.9. The zero-order chi connectivity index (χ0) is 14.2. The predicted octanol–water partition coefficient (Wildman–Crippen LogP) is 0.354. The van der Waals surface area contributed by atoms with E-state index in [1.807, 2.05) is 0 Å². The Morgan fingerprint density at radius 2 is 2.05 bits per heavy atom. The Labute approximate surface area is 109 Å². The first-order chi connectivity index (χ1) is 8.77. The van der Waals surface area contributed by atoms with E-state index in [0.29, 0.717) is 6.07 Å². The minimum atomic E-state index is -3.79. The van der Waals surface area contributed by atoms with Gasteiger partial charge in [-0.15, -0.1) is 0 Å². The molecule has 104 valence electrons. The van der Waals surface area contributed by atoms with Gasteiger partial charge in [0.05, 0.1) is 0 Å². The van der Waals surface area contributed by atoms with Crippen LogP contribution in [0.15, 0.2) is 18.2 Å². The number of nitrogens with two attached hydrogens (primary N) is 1. The average molecular weight is 290 g/mol. The Hall–Kier alpha value is -1.54. The lowest BCUT2D eigenvalue weighted by Gasteiger charge is -2.16. The number of likely N-dealkylation sites (tertiary alicyclic amines) is 1. The highest BCUT2D eigenvalue weighted by Crippen LogP contribution is 2.20. The molecule has 0 saturated carbocycles. The fourth-order valence-electron chi connectivity index (χ4n) is 1.96. The number of hydrogen-bond acceptors (Lipinski definition) is 3. The minimum Gasteiger partial charge on any atom is -0.337 e. The molecule has 1 atom stereocenters. The van der Waals surface area contributed by atoms with Crippen LogP contribution in [0, 0.1) is 11.6 Å². The molecule has 1 saturated heterocycles. The van der Waals surface area contributed by atoms with Crippen molar-refractivity contribution >= 4 is 15.9 Å². The highest BCUT2D eigenvalue weighted by Gasteiger charge is 2.36. The number of rotatable bonds is 3. The number of carbonyl (C=O) groups is 1. The van der Waals surface area contributed by atoms with Gasteiger partial charge in [0, 0.05) is 31.1 Å². The Morgan fingerprint density at radius 3 is 2.58 bits per heavy atom. The normalized spacial score (nSPS) is 20.1. The molecule has 0 aromatic heterocycles. The van der Waals surface area contributed by atoms with Crippen LogP contribution < -0.4 is 5.14 Å². The third-order valence-corrected chi connectivity index (χ3v) is 4.26. The third kappa shape index (κ3) is 3.07. The van der Waals surface area contributed by atoms with Crippen LogP contribution in [-0.2, 0) is 21.4 Å². The highest BCUT2D eigenvalue weighted by molar-refractivity contribution is 7.89. The molecule has 0 radical (unpaired) electrons. The first-order valence-corrected chi connectivity index (χ1v) is 7.11. The molecule has 1 aromatic rings. The Morgan fingerprint density at radius 1 is 1.37 bits per heavy atom. The maximum atomic E-state index is 13.4. The Kier molecular flexibility index (Phi) is 3.55. The van der Waals surface area contributed by atoms with Crippen LogP contribution in [0.2, 0.25) is 0 Å². The van der Waals surface area contributed by atoms with Gasteiger partial charge in [-0.1, -0.05) is 6.07 Å². The molecule has 1 heterocycles. The van der Waals surface area contributed by atoms with E-state index in [9.17, 15) is 22.0 Å². The number of halogens is 2. The summed E-state index contributed by atoms with van der Waals surface area (Å²) < 4.78 is 48.5. The van der Waals surface area contributed by atoms with Gasteiger partial charge in [-0.25, -0.2) is 22.3 Å². The van der Waals surface area contributed by atoms with Crippen LogP contribution in [0.4, 0.5) is 8.78 Å². The van der Waals surface area contributed by atoms with Gasteiger partial charge < -0.3 is 4.90 Å². The standard InChI is InChI=1S/C11H12F2N2O3S/c12-8-2-1-7(10(13)3-8)5-15-6-9(4-11(15)16)19(14,17)18/h1-3,9H,4-6H2,(H2,14,17,18). The van der Waals surface area contributed by atoms with Crippen molar-refractivity contribution in [2.24, 2.45) is 5.14 Å². The summed E-state index contributed by atoms with van der Waals surface area (Å²) in [6, 6.07) is 3.02. The zero-order valence-electron chi connectivity index (χ0n) is 9.84. The van der Waals surface area contributed by atoms with Crippen LogP contribution in [0.3, 0.4) is 0 Å². The van der Waals surface area contributed by atoms with Gasteiger partial charge in [0.1, 0.15) is 16.9 Å². The van der Waals surface area contributed by atoms with Crippen LogP contribution in [-0.4, -0.2) is 31.0 Å². The maximum absolute atomic E-state index is 13.4. The number of carbonyl (C=O) groups excluding carboxylic acids is 1. The van der Waals surface area contributed by atoms with Crippen molar-refractivity contribution in [2.45, 2.75) is 18.2 Å². The Balaban J connectivity index is 2.14. The number of nitrogens with zero attached hydrogens (tertiary/aromatic N) is 1. The molecule has 0 spiro atoms. The molecule has 8 heteroatoms. The zero-order valence-corrected chi connectivity index (χ0v) is 10.7. The average Bonchev–Trinajstić information content (AvgIpc) is 2.64. The van der Waals surface area contributed by atoms with E-state index in [2.05, 4.69) is 0 Å². The summed E-state index contributed by atoms with van der Waals surface area (Å²) in [6.45, 7) is -0.175. The second kappa shape index (κ2) is 4.86. The fraction of sp³-hybridized carbons (Fsp3) is 0.364. The molecular formula is C11H12F2N2O3S. The molecule has 1 aliphatic rings. The topological polar surface area (TPSA) is 80.5 Å². The van der Waals surface area contributed by atoms with E-state index in [1.54, 1.807) is 0 Å². The molecule has 1 unspecified atom stereocenters. The molecule has 1 aliphatic heterocycles. The van der Waals surface area contributed by atoms with Crippen molar-refractivity contribution in [3.63, 3.8) is 0 Å². The summed E-state index contributed by atoms with van der Waals surface area (Å²) in [5.41, 5.74) is 0.129. The maximum Gasteiger partial charge on any atom is 0.224 e. The lowest BCUT2D eigenvalue weighted by atomic mass is 10.2. The summed E-state index contributed by atoms with van der Waals surface area (Å²) >= 11 is 0. The summed E-state index contributed by atoms with van der Waals surface area (Å²) in [5, 5.41) is 4.01. The van der Waals surface area contributed by atoms with Gasteiger partial charge in [0.2, 0.25) is 15.9 Å². The monoisotopic (exact) mass is 290 g/mol. The number of benzene rings is 1. The molecule has 5 nitrogen and oxygen atoms in total. The second-order valence-corrected chi connectivity index (χ2v) is 6.27. The van der Waals surface area contributed by atoms with Gasteiger partial charge in [-0.05, 0) is 6.07 Å². The SMILES string of the molecule is NS(=O)(=O)C1CC(=O)N(Cc2ccc(F)cc2F)C1. The van der Waals surface area contributed by atoms with Crippen molar-refractivity contribution < 1.29 is 22.0 Å². The van der Waals surface area contributed by atoms with E-state index in [0.717, 1.165) is 6.07 Å². The third-order valence-electron chi connectivity index (χ3n) is 3.02. The quantitative estimate of drug-likeness (QED) is 0.872. The Bertz CT molecular complexity index is 618.